The van der Waals surface area contributed by atoms with Gasteiger partial charge in [-0.05, 0) is 7.05 Å². The summed E-state index contributed by atoms with van der Waals surface area (Å²) in [6.45, 7) is 2.33. The summed E-state index contributed by atoms with van der Waals surface area (Å²) in [5.41, 5.74) is 0. The monoisotopic (exact) mass is 172 g/mol. The molecule has 0 aromatic carbocycles. The van der Waals surface area contributed by atoms with Crippen LogP contribution in [0.1, 0.15) is 0 Å². The SMILES string of the molecule is CN1CC(CNC(=O)C(=O)O)C1. The number of carboxylic acids is 1. The predicted molar refractivity (Wildman–Crippen MR) is 41.6 cm³/mol. The van der Waals surface area contributed by atoms with Crippen molar-refractivity contribution in [1.29, 1.82) is 0 Å². The number of aliphatic carboxylic acids is 1. The van der Waals surface area contributed by atoms with E-state index in [2.05, 4.69) is 10.2 Å². The highest BCUT2D eigenvalue weighted by Crippen LogP contribution is 2.10. The van der Waals surface area contributed by atoms with Crippen LogP contribution in [0.2, 0.25) is 0 Å². The van der Waals surface area contributed by atoms with E-state index in [-0.39, 0.29) is 0 Å². The number of carboxylic acid groups (broad SMARTS) is 1. The van der Waals surface area contributed by atoms with E-state index in [0.29, 0.717) is 12.5 Å². The average Bonchev–Trinajstić information content (AvgIpc) is 1.95. The van der Waals surface area contributed by atoms with E-state index in [1.165, 1.54) is 0 Å². The van der Waals surface area contributed by atoms with Crippen LogP contribution < -0.4 is 5.32 Å². The van der Waals surface area contributed by atoms with Crippen molar-refractivity contribution in [3.63, 3.8) is 0 Å². The number of nitrogens with one attached hydrogen (secondary N) is 1. The lowest BCUT2D eigenvalue weighted by Crippen LogP contribution is -2.49. The van der Waals surface area contributed by atoms with Crippen LogP contribution in [0.4, 0.5) is 0 Å². The zero-order valence-corrected chi connectivity index (χ0v) is 6.91. The van der Waals surface area contributed by atoms with Gasteiger partial charge in [-0.3, -0.25) is 4.79 Å². The van der Waals surface area contributed by atoms with Crippen LogP contribution in [0.3, 0.4) is 0 Å². The lowest BCUT2D eigenvalue weighted by Gasteiger charge is -2.35. The van der Waals surface area contributed by atoms with Gasteiger partial charge in [-0.25, -0.2) is 4.79 Å². The van der Waals surface area contributed by atoms with E-state index in [1.54, 1.807) is 0 Å². The van der Waals surface area contributed by atoms with Crippen molar-refractivity contribution in [2.75, 3.05) is 26.7 Å². The molecular formula is C7H12N2O3. The van der Waals surface area contributed by atoms with Crippen molar-refractivity contribution in [1.82, 2.24) is 10.2 Å². The summed E-state index contributed by atoms with van der Waals surface area (Å²) in [5.74, 6) is -1.91. The molecule has 2 N–H and O–H groups in total. The first-order valence-corrected chi connectivity index (χ1v) is 3.79. The molecule has 1 fully saturated rings. The molecule has 12 heavy (non-hydrogen) atoms. The molecule has 1 heterocycles. The van der Waals surface area contributed by atoms with Crippen LogP contribution in [0.15, 0.2) is 0 Å². The highest BCUT2D eigenvalue weighted by Gasteiger charge is 2.24. The maximum atomic E-state index is 10.5. The third-order valence-corrected chi connectivity index (χ3v) is 1.89. The molecule has 1 amide bonds. The smallest absolute Gasteiger partial charge is 0.394 e. The first-order valence-electron chi connectivity index (χ1n) is 3.79. The summed E-state index contributed by atoms with van der Waals surface area (Å²) in [7, 11) is 1.98. The third-order valence-electron chi connectivity index (χ3n) is 1.89. The highest BCUT2D eigenvalue weighted by molar-refractivity contribution is 6.31. The Hall–Kier alpha value is -1.10. The van der Waals surface area contributed by atoms with Crippen LogP contribution in [0.5, 0.6) is 0 Å². The van der Waals surface area contributed by atoms with Gasteiger partial charge in [0.1, 0.15) is 0 Å². The summed E-state index contributed by atoms with van der Waals surface area (Å²) in [5, 5.41) is 10.6. The van der Waals surface area contributed by atoms with Crippen molar-refractivity contribution in [2.45, 2.75) is 0 Å². The maximum absolute atomic E-state index is 10.5. The second-order valence-electron chi connectivity index (χ2n) is 3.10. The second-order valence-corrected chi connectivity index (χ2v) is 3.10. The van der Waals surface area contributed by atoms with Gasteiger partial charge in [-0.2, -0.15) is 0 Å². The minimum absolute atomic E-state index is 0.415. The third kappa shape index (κ3) is 2.20. The lowest BCUT2D eigenvalue weighted by atomic mass is 10.0. The molecule has 1 aliphatic rings. The van der Waals surface area contributed by atoms with E-state index in [0.717, 1.165) is 13.1 Å². The highest BCUT2D eigenvalue weighted by atomic mass is 16.4. The molecule has 0 spiro atoms. The molecule has 0 radical (unpaired) electrons. The minimum atomic E-state index is -1.41. The minimum Gasteiger partial charge on any atom is -0.474 e. The normalized spacial score (nSPS) is 18.4. The predicted octanol–water partition coefficient (Wildman–Crippen LogP) is -1.25. The van der Waals surface area contributed by atoms with Gasteiger partial charge in [0.25, 0.3) is 0 Å². The molecule has 0 unspecified atom stereocenters. The average molecular weight is 172 g/mol. The Morgan fingerprint density at radius 2 is 2.17 bits per heavy atom. The van der Waals surface area contributed by atoms with Crippen LogP contribution in [0.25, 0.3) is 0 Å². The van der Waals surface area contributed by atoms with Crippen molar-refractivity contribution >= 4 is 11.9 Å². The van der Waals surface area contributed by atoms with Gasteiger partial charge in [-0.15, -0.1) is 0 Å². The molecule has 5 nitrogen and oxygen atoms in total. The molecule has 0 bridgehead atoms. The number of carbonyl (C=O) groups excluding carboxylic acids is 1. The van der Waals surface area contributed by atoms with Crippen molar-refractivity contribution in [3.05, 3.63) is 0 Å². The zero-order valence-electron chi connectivity index (χ0n) is 6.91. The van der Waals surface area contributed by atoms with E-state index < -0.39 is 11.9 Å². The van der Waals surface area contributed by atoms with Crippen molar-refractivity contribution in [3.8, 4) is 0 Å². The van der Waals surface area contributed by atoms with Gasteiger partial charge in [0.2, 0.25) is 0 Å². The first-order chi connectivity index (χ1) is 5.59. The Morgan fingerprint density at radius 3 is 2.58 bits per heavy atom. The van der Waals surface area contributed by atoms with Gasteiger partial charge < -0.3 is 15.3 Å². The fourth-order valence-corrected chi connectivity index (χ4v) is 1.27. The van der Waals surface area contributed by atoms with E-state index in [4.69, 9.17) is 5.11 Å². The molecule has 0 aromatic rings. The van der Waals surface area contributed by atoms with Crippen LogP contribution in [-0.4, -0.2) is 48.6 Å². The van der Waals surface area contributed by atoms with Gasteiger partial charge >= 0.3 is 11.9 Å². The Kier molecular flexibility index (Phi) is 2.65. The Labute approximate surface area is 70.4 Å². The number of rotatable bonds is 2. The number of hydrogen-bond donors (Lipinski definition) is 2. The van der Waals surface area contributed by atoms with E-state index in [9.17, 15) is 9.59 Å². The lowest BCUT2D eigenvalue weighted by molar-refractivity contribution is -0.150. The van der Waals surface area contributed by atoms with Crippen molar-refractivity contribution < 1.29 is 14.7 Å². The quantitative estimate of drug-likeness (QED) is 0.510. The number of amides is 1. The fourth-order valence-electron chi connectivity index (χ4n) is 1.27. The van der Waals surface area contributed by atoms with Gasteiger partial charge in [0.15, 0.2) is 0 Å². The van der Waals surface area contributed by atoms with Gasteiger partial charge in [-0.1, -0.05) is 0 Å². The molecule has 5 heteroatoms. The summed E-state index contributed by atoms with van der Waals surface area (Å²) < 4.78 is 0. The Bertz CT molecular complexity index is 199. The number of likely N-dealkylation sites (tertiary alicyclic amines) is 1. The molecule has 1 rings (SSSR count). The van der Waals surface area contributed by atoms with Crippen molar-refractivity contribution in [2.24, 2.45) is 5.92 Å². The summed E-state index contributed by atoms with van der Waals surface area (Å²) >= 11 is 0. The molecule has 0 aliphatic carbocycles. The van der Waals surface area contributed by atoms with E-state index in [1.807, 2.05) is 7.05 Å². The largest absolute Gasteiger partial charge is 0.474 e. The van der Waals surface area contributed by atoms with E-state index >= 15 is 0 Å². The molecule has 1 saturated heterocycles. The fraction of sp³-hybridized carbons (Fsp3) is 0.714. The van der Waals surface area contributed by atoms with Gasteiger partial charge in [0.05, 0.1) is 0 Å². The molecule has 0 saturated carbocycles. The molecular weight excluding hydrogens is 160 g/mol. The molecule has 0 atom stereocenters. The molecule has 0 aromatic heterocycles. The number of nitrogens with zero attached hydrogens (tertiary/aromatic N) is 1. The topological polar surface area (TPSA) is 69.6 Å². The van der Waals surface area contributed by atoms with Crippen LogP contribution in [0, 0.1) is 5.92 Å². The summed E-state index contributed by atoms with van der Waals surface area (Å²) in [4.78, 5) is 22.7. The standard InChI is InChI=1S/C7H12N2O3/c1-9-3-5(4-9)2-8-6(10)7(11)12/h5H,2-4H2,1H3,(H,8,10)(H,11,12). The Morgan fingerprint density at radius 1 is 1.58 bits per heavy atom. The van der Waals surface area contributed by atoms with Crippen LogP contribution in [-0.2, 0) is 9.59 Å². The number of carbonyl (C=O) groups is 2. The zero-order chi connectivity index (χ0) is 9.14. The van der Waals surface area contributed by atoms with Gasteiger partial charge in [0, 0.05) is 25.6 Å². The maximum Gasteiger partial charge on any atom is 0.394 e. The first kappa shape index (κ1) is 8.99. The second kappa shape index (κ2) is 3.53. The molecule has 68 valence electrons. The number of hydrogen-bond acceptors (Lipinski definition) is 3. The Balaban J connectivity index is 2.10. The summed E-state index contributed by atoms with van der Waals surface area (Å²) in [6.07, 6.45) is 0. The summed E-state index contributed by atoms with van der Waals surface area (Å²) in [6, 6.07) is 0. The molecule has 1 aliphatic heterocycles. The van der Waals surface area contributed by atoms with Crippen LogP contribution >= 0.6 is 0 Å².